The standard InChI is InChI=1S/C23H16O2/c24-21(23-20-11-4-2-7-18(20)13-15-22(23)25)14-12-17-9-5-8-16-6-1-3-10-19(16)17/h1-15,25H. The van der Waals surface area contributed by atoms with Gasteiger partial charge >= 0.3 is 0 Å². The number of carbonyl (C=O) groups excluding carboxylic acids is 1. The monoisotopic (exact) mass is 324 g/mol. The summed E-state index contributed by atoms with van der Waals surface area (Å²) in [5.74, 6) is -0.200. The van der Waals surface area contributed by atoms with Crippen LogP contribution in [0.15, 0.2) is 84.9 Å². The van der Waals surface area contributed by atoms with Gasteiger partial charge in [-0.1, -0.05) is 78.9 Å². The number of allylic oxidation sites excluding steroid dienone is 1. The number of fused-ring (bicyclic) bond motifs is 2. The predicted molar refractivity (Wildman–Crippen MR) is 103 cm³/mol. The molecule has 0 aliphatic heterocycles. The lowest BCUT2D eigenvalue weighted by atomic mass is 9.99. The fourth-order valence-electron chi connectivity index (χ4n) is 3.16. The first-order valence-electron chi connectivity index (χ1n) is 8.15. The second-order valence-electron chi connectivity index (χ2n) is 5.95. The summed E-state index contributed by atoms with van der Waals surface area (Å²) in [5, 5.41) is 14.1. The highest BCUT2D eigenvalue weighted by Gasteiger charge is 2.12. The van der Waals surface area contributed by atoms with E-state index in [0.717, 1.165) is 27.1 Å². The summed E-state index contributed by atoms with van der Waals surface area (Å²) in [5.41, 5.74) is 1.32. The Balaban J connectivity index is 1.78. The van der Waals surface area contributed by atoms with Gasteiger partial charge in [0.2, 0.25) is 0 Å². The van der Waals surface area contributed by atoms with Gasteiger partial charge in [-0.25, -0.2) is 0 Å². The van der Waals surface area contributed by atoms with Crippen molar-refractivity contribution in [3.8, 4) is 5.75 Å². The van der Waals surface area contributed by atoms with Gasteiger partial charge in [-0.05, 0) is 39.3 Å². The molecule has 0 heterocycles. The first kappa shape index (κ1) is 15.2. The van der Waals surface area contributed by atoms with Crippen LogP contribution in [0.5, 0.6) is 5.75 Å². The summed E-state index contributed by atoms with van der Waals surface area (Å²) in [6.45, 7) is 0. The molecule has 4 rings (SSSR count). The molecule has 0 spiro atoms. The smallest absolute Gasteiger partial charge is 0.190 e. The van der Waals surface area contributed by atoms with Gasteiger partial charge in [0.05, 0.1) is 5.56 Å². The number of ketones is 1. The lowest BCUT2D eigenvalue weighted by molar-refractivity contribution is 0.104. The molecule has 0 saturated heterocycles. The number of rotatable bonds is 3. The van der Waals surface area contributed by atoms with Gasteiger partial charge in [-0.2, -0.15) is 0 Å². The van der Waals surface area contributed by atoms with E-state index in [1.807, 2.05) is 78.9 Å². The van der Waals surface area contributed by atoms with E-state index in [9.17, 15) is 9.90 Å². The molecule has 0 atom stereocenters. The third kappa shape index (κ3) is 2.79. The Morgan fingerprint density at radius 3 is 2.16 bits per heavy atom. The van der Waals surface area contributed by atoms with Crippen LogP contribution in [-0.2, 0) is 0 Å². The maximum atomic E-state index is 12.7. The van der Waals surface area contributed by atoms with Crippen LogP contribution in [-0.4, -0.2) is 10.9 Å². The minimum Gasteiger partial charge on any atom is -0.507 e. The molecule has 0 aliphatic rings. The third-order valence-corrected chi connectivity index (χ3v) is 4.39. The first-order chi connectivity index (χ1) is 12.2. The Bertz CT molecular complexity index is 1120. The summed E-state index contributed by atoms with van der Waals surface area (Å²) in [4.78, 5) is 12.7. The summed E-state index contributed by atoms with van der Waals surface area (Å²) in [6, 6.07) is 25.0. The maximum absolute atomic E-state index is 12.7. The van der Waals surface area contributed by atoms with Gasteiger partial charge < -0.3 is 5.11 Å². The Morgan fingerprint density at radius 1 is 0.720 bits per heavy atom. The molecule has 4 aromatic carbocycles. The van der Waals surface area contributed by atoms with Crippen LogP contribution >= 0.6 is 0 Å². The topological polar surface area (TPSA) is 37.3 Å². The van der Waals surface area contributed by atoms with Gasteiger partial charge in [0.25, 0.3) is 0 Å². The molecule has 1 N–H and O–H groups in total. The largest absolute Gasteiger partial charge is 0.507 e. The normalized spacial score (nSPS) is 11.4. The van der Waals surface area contributed by atoms with Crippen molar-refractivity contribution < 1.29 is 9.90 Å². The molecule has 0 fully saturated rings. The fraction of sp³-hybridized carbons (Fsp3) is 0. The van der Waals surface area contributed by atoms with E-state index < -0.39 is 0 Å². The summed E-state index contributed by atoms with van der Waals surface area (Å²) in [7, 11) is 0. The van der Waals surface area contributed by atoms with E-state index in [4.69, 9.17) is 0 Å². The molecule has 0 radical (unpaired) electrons. The Morgan fingerprint density at radius 2 is 1.36 bits per heavy atom. The van der Waals surface area contributed by atoms with E-state index >= 15 is 0 Å². The molecule has 25 heavy (non-hydrogen) atoms. The van der Waals surface area contributed by atoms with Crippen molar-refractivity contribution in [2.24, 2.45) is 0 Å². The highest BCUT2D eigenvalue weighted by Crippen LogP contribution is 2.28. The lowest BCUT2D eigenvalue weighted by Gasteiger charge is -2.06. The third-order valence-electron chi connectivity index (χ3n) is 4.39. The first-order valence-corrected chi connectivity index (χ1v) is 8.15. The second-order valence-corrected chi connectivity index (χ2v) is 5.95. The zero-order chi connectivity index (χ0) is 17.2. The van der Waals surface area contributed by atoms with Crippen molar-refractivity contribution in [1.82, 2.24) is 0 Å². The number of phenols is 1. The predicted octanol–water partition coefficient (Wildman–Crippen LogP) is 5.59. The minimum atomic E-state index is -0.206. The SMILES string of the molecule is O=C(C=Cc1cccc2ccccc12)c1c(O)ccc2ccccc12. The van der Waals surface area contributed by atoms with E-state index in [0.29, 0.717) is 5.56 Å². The van der Waals surface area contributed by atoms with Gasteiger partial charge in [-0.15, -0.1) is 0 Å². The zero-order valence-electron chi connectivity index (χ0n) is 13.5. The summed E-state index contributed by atoms with van der Waals surface area (Å²) >= 11 is 0. The maximum Gasteiger partial charge on any atom is 0.190 e. The molecule has 0 amide bonds. The summed E-state index contributed by atoms with van der Waals surface area (Å²) in [6.07, 6.45) is 3.34. The van der Waals surface area contributed by atoms with Gasteiger partial charge in [0.1, 0.15) is 5.75 Å². The molecule has 0 bridgehead atoms. The average Bonchev–Trinajstić information content (AvgIpc) is 2.66. The number of aromatic hydroxyl groups is 1. The van der Waals surface area contributed by atoms with Crippen LogP contribution in [0.3, 0.4) is 0 Å². The van der Waals surface area contributed by atoms with E-state index in [-0.39, 0.29) is 11.5 Å². The number of hydrogen-bond acceptors (Lipinski definition) is 2. The zero-order valence-corrected chi connectivity index (χ0v) is 13.5. The van der Waals surface area contributed by atoms with Crippen molar-refractivity contribution in [2.75, 3.05) is 0 Å². The summed E-state index contributed by atoms with van der Waals surface area (Å²) < 4.78 is 0. The molecule has 120 valence electrons. The van der Waals surface area contributed by atoms with E-state index in [1.54, 1.807) is 6.07 Å². The molecule has 0 unspecified atom stereocenters. The number of hydrogen-bond donors (Lipinski definition) is 1. The van der Waals surface area contributed by atoms with Crippen LogP contribution in [0, 0.1) is 0 Å². The average molecular weight is 324 g/mol. The van der Waals surface area contributed by atoms with Crippen LogP contribution in [0.25, 0.3) is 27.6 Å². The van der Waals surface area contributed by atoms with Crippen LogP contribution in [0.4, 0.5) is 0 Å². The van der Waals surface area contributed by atoms with Crippen molar-refractivity contribution in [3.63, 3.8) is 0 Å². The van der Waals surface area contributed by atoms with Crippen LogP contribution in [0.2, 0.25) is 0 Å². The molecular formula is C23H16O2. The second kappa shape index (κ2) is 6.25. The molecule has 4 aromatic rings. The molecule has 2 heteroatoms. The molecule has 2 nitrogen and oxygen atoms in total. The quantitative estimate of drug-likeness (QED) is 0.394. The number of phenolic OH excluding ortho intramolecular Hbond substituents is 1. The minimum absolute atomic E-state index is 0.00581. The lowest BCUT2D eigenvalue weighted by Crippen LogP contribution is -1.96. The number of carbonyl (C=O) groups is 1. The Hall–Kier alpha value is -3.39. The van der Waals surface area contributed by atoms with E-state index in [1.165, 1.54) is 6.08 Å². The Kier molecular flexibility index (Phi) is 3.79. The molecule has 0 aliphatic carbocycles. The molecule has 0 saturated carbocycles. The van der Waals surface area contributed by atoms with Gasteiger partial charge in [0.15, 0.2) is 5.78 Å². The van der Waals surface area contributed by atoms with Crippen LogP contribution < -0.4 is 0 Å². The molecule has 0 aromatic heterocycles. The van der Waals surface area contributed by atoms with Gasteiger partial charge in [-0.3, -0.25) is 4.79 Å². The van der Waals surface area contributed by atoms with Crippen molar-refractivity contribution in [1.29, 1.82) is 0 Å². The fourth-order valence-corrected chi connectivity index (χ4v) is 3.16. The Labute approximate surface area is 145 Å². The number of benzene rings is 4. The van der Waals surface area contributed by atoms with E-state index in [2.05, 4.69) is 0 Å². The van der Waals surface area contributed by atoms with Crippen molar-refractivity contribution >= 4 is 33.4 Å². The highest BCUT2D eigenvalue weighted by atomic mass is 16.3. The van der Waals surface area contributed by atoms with Crippen molar-refractivity contribution in [2.45, 2.75) is 0 Å². The van der Waals surface area contributed by atoms with Crippen molar-refractivity contribution in [3.05, 3.63) is 96.1 Å². The van der Waals surface area contributed by atoms with Gasteiger partial charge in [0, 0.05) is 0 Å². The van der Waals surface area contributed by atoms with Crippen LogP contribution in [0.1, 0.15) is 15.9 Å². The highest BCUT2D eigenvalue weighted by molar-refractivity contribution is 6.17. The molecular weight excluding hydrogens is 308 g/mol.